The second kappa shape index (κ2) is 3.91. The number of hydrogen-bond acceptors (Lipinski definition) is 4. The van der Waals surface area contributed by atoms with Crippen molar-refractivity contribution in [3.05, 3.63) is 11.6 Å². The molecule has 0 aromatic heterocycles. The summed E-state index contributed by atoms with van der Waals surface area (Å²) in [6.07, 6.45) is 3.66. The number of carbonyl (C=O) groups excluding carboxylic acids is 2. The average molecular weight is 249 g/mol. The predicted octanol–water partition coefficient (Wildman–Crippen LogP) is -0.944. The number of hydrogen-bond donors (Lipinski definition) is 2. The van der Waals surface area contributed by atoms with Crippen molar-refractivity contribution in [2.45, 2.75) is 12.8 Å². The van der Waals surface area contributed by atoms with E-state index in [1.165, 1.54) is 4.90 Å². The summed E-state index contributed by atoms with van der Waals surface area (Å²) in [5.74, 6) is 0.330. The molecule has 0 aromatic carbocycles. The second-order valence-electron chi connectivity index (χ2n) is 5.07. The smallest absolute Gasteiger partial charge is 0.248 e. The molecule has 0 radical (unpaired) electrons. The van der Waals surface area contributed by atoms with Gasteiger partial charge in [0.1, 0.15) is 12.4 Å². The van der Waals surface area contributed by atoms with E-state index in [0.29, 0.717) is 25.3 Å². The molecule has 2 fully saturated rings. The summed E-state index contributed by atoms with van der Waals surface area (Å²) in [6.45, 7) is 1.01. The largest absolute Gasteiger partial charge is 0.387 e. The Bertz CT molecular complexity index is 475. The average Bonchev–Trinajstić information content (AvgIpc) is 2.34. The molecule has 96 valence electrons. The Kier molecular flexibility index (Phi) is 2.48. The van der Waals surface area contributed by atoms with Crippen LogP contribution in [0.15, 0.2) is 16.6 Å². The van der Waals surface area contributed by atoms with Crippen LogP contribution in [0.3, 0.4) is 0 Å². The summed E-state index contributed by atoms with van der Waals surface area (Å²) in [5.41, 5.74) is 0.574. The number of rotatable bonds is 1. The fourth-order valence-corrected chi connectivity index (χ4v) is 2.79. The van der Waals surface area contributed by atoms with Crippen molar-refractivity contribution in [1.82, 2.24) is 10.2 Å². The summed E-state index contributed by atoms with van der Waals surface area (Å²) >= 11 is 0. The van der Waals surface area contributed by atoms with Gasteiger partial charge in [-0.15, -0.1) is 0 Å². The first-order chi connectivity index (χ1) is 8.64. The Labute approximate surface area is 104 Å². The number of nitrogens with zero attached hydrogens (tertiary/aromatic N) is 2. The van der Waals surface area contributed by atoms with Crippen LogP contribution in [0.25, 0.3) is 0 Å². The number of amides is 2. The number of carbonyl (C=O) groups is 2. The predicted molar refractivity (Wildman–Crippen MR) is 63.9 cm³/mol. The number of fused-ring (bicyclic) bond motifs is 1. The Hall–Kier alpha value is -1.69. The van der Waals surface area contributed by atoms with Gasteiger partial charge < -0.3 is 15.3 Å². The third kappa shape index (κ3) is 1.56. The van der Waals surface area contributed by atoms with Gasteiger partial charge in [-0.2, -0.15) is 0 Å². The summed E-state index contributed by atoms with van der Waals surface area (Å²) < 4.78 is 0. The lowest BCUT2D eigenvalue weighted by Crippen LogP contribution is -2.68. The molecule has 3 aliphatic heterocycles. The van der Waals surface area contributed by atoms with Crippen LogP contribution in [0.4, 0.5) is 0 Å². The van der Waals surface area contributed by atoms with Crippen molar-refractivity contribution in [1.29, 1.82) is 0 Å². The fraction of sp³-hybridized carbons (Fsp3) is 0.583. The number of aliphatic hydroxyl groups is 1. The van der Waals surface area contributed by atoms with E-state index in [4.69, 9.17) is 5.11 Å². The third-order valence-corrected chi connectivity index (χ3v) is 3.81. The van der Waals surface area contributed by atoms with E-state index in [2.05, 4.69) is 16.4 Å². The van der Waals surface area contributed by atoms with Gasteiger partial charge in [0, 0.05) is 19.6 Å². The van der Waals surface area contributed by atoms with Gasteiger partial charge >= 0.3 is 0 Å². The van der Waals surface area contributed by atoms with Crippen LogP contribution in [-0.2, 0) is 9.59 Å². The summed E-state index contributed by atoms with van der Waals surface area (Å²) in [5, 5.41) is 11.6. The van der Waals surface area contributed by atoms with Crippen LogP contribution in [0, 0.1) is 5.41 Å². The van der Waals surface area contributed by atoms with E-state index in [9.17, 15) is 9.59 Å². The molecule has 0 bridgehead atoms. The SMILES string of the molecule is O=C(CO)N1CC2(CC3=CCCN=C3NC2=O)C1. The van der Waals surface area contributed by atoms with Gasteiger partial charge in [-0.3, -0.25) is 14.6 Å². The van der Waals surface area contributed by atoms with Gasteiger partial charge in [-0.25, -0.2) is 0 Å². The van der Waals surface area contributed by atoms with Gasteiger partial charge in [-0.1, -0.05) is 6.08 Å². The highest BCUT2D eigenvalue weighted by Gasteiger charge is 2.53. The molecule has 3 heterocycles. The van der Waals surface area contributed by atoms with Crippen LogP contribution in [0.5, 0.6) is 0 Å². The van der Waals surface area contributed by atoms with Gasteiger partial charge in [0.05, 0.1) is 5.41 Å². The molecule has 2 amide bonds. The molecule has 0 aliphatic carbocycles. The highest BCUT2D eigenvalue weighted by molar-refractivity contribution is 6.13. The maximum Gasteiger partial charge on any atom is 0.248 e. The number of aliphatic imine (C=N–C) groups is 1. The minimum Gasteiger partial charge on any atom is -0.387 e. The zero-order valence-corrected chi connectivity index (χ0v) is 9.98. The van der Waals surface area contributed by atoms with E-state index in [-0.39, 0.29) is 11.8 Å². The standard InChI is InChI=1S/C12H15N3O3/c16-5-9(17)15-6-12(7-15)4-8-2-1-3-13-10(8)14-11(12)18/h2,16H,1,3-7H2,(H,13,14,18). The Morgan fingerprint density at radius 3 is 3.06 bits per heavy atom. The summed E-state index contributed by atoms with van der Waals surface area (Å²) in [4.78, 5) is 29.2. The number of amidine groups is 1. The van der Waals surface area contributed by atoms with Gasteiger partial charge in [0.25, 0.3) is 0 Å². The molecule has 0 atom stereocenters. The van der Waals surface area contributed by atoms with Gasteiger partial charge in [0.2, 0.25) is 11.8 Å². The molecule has 2 N–H and O–H groups in total. The molecule has 0 unspecified atom stereocenters. The monoisotopic (exact) mass is 249 g/mol. The Morgan fingerprint density at radius 2 is 2.33 bits per heavy atom. The van der Waals surface area contributed by atoms with Crippen LogP contribution in [0.2, 0.25) is 0 Å². The first-order valence-electron chi connectivity index (χ1n) is 6.09. The van der Waals surface area contributed by atoms with E-state index in [1.807, 2.05) is 0 Å². The zero-order valence-electron chi connectivity index (χ0n) is 9.98. The number of nitrogens with one attached hydrogen (secondary N) is 1. The number of dihydropyridines is 1. The molecule has 0 aromatic rings. The molecule has 2 saturated heterocycles. The molecule has 3 rings (SSSR count). The van der Waals surface area contributed by atoms with Crippen molar-refractivity contribution in [2.75, 3.05) is 26.2 Å². The lowest BCUT2D eigenvalue weighted by Gasteiger charge is -2.51. The van der Waals surface area contributed by atoms with Crippen molar-refractivity contribution < 1.29 is 14.7 Å². The summed E-state index contributed by atoms with van der Waals surface area (Å²) in [7, 11) is 0. The molecule has 18 heavy (non-hydrogen) atoms. The van der Waals surface area contributed by atoms with Gasteiger partial charge in [-0.05, 0) is 18.4 Å². The minimum absolute atomic E-state index is 0.0534. The van der Waals surface area contributed by atoms with Crippen molar-refractivity contribution in [3.8, 4) is 0 Å². The normalized spacial score (nSPS) is 24.7. The number of likely N-dealkylation sites (tertiary alicyclic amines) is 1. The molecule has 3 aliphatic rings. The molecule has 6 heteroatoms. The molecule has 0 saturated carbocycles. The van der Waals surface area contributed by atoms with E-state index >= 15 is 0 Å². The lowest BCUT2D eigenvalue weighted by atomic mass is 9.71. The maximum absolute atomic E-state index is 12.1. The van der Waals surface area contributed by atoms with Crippen molar-refractivity contribution in [2.24, 2.45) is 10.4 Å². The molecular formula is C12H15N3O3. The fourth-order valence-electron chi connectivity index (χ4n) is 2.79. The molecule has 6 nitrogen and oxygen atoms in total. The molecular weight excluding hydrogens is 234 g/mol. The topological polar surface area (TPSA) is 82.0 Å². The van der Waals surface area contributed by atoms with E-state index < -0.39 is 12.0 Å². The Morgan fingerprint density at radius 1 is 1.56 bits per heavy atom. The van der Waals surface area contributed by atoms with Gasteiger partial charge in [0.15, 0.2) is 0 Å². The quantitative estimate of drug-likeness (QED) is 0.629. The third-order valence-electron chi connectivity index (χ3n) is 3.81. The number of aliphatic hydroxyl groups excluding tert-OH is 1. The van der Waals surface area contributed by atoms with Crippen molar-refractivity contribution in [3.63, 3.8) is 0 Å². The van der Waals surface area contributed by atoms with E-state index in [0.717, 1.165) is 18.5 Å². The first kappa shape index (κ1) is 11.4. The van der Waals surface area contributed by atoms with Crippen LogP contribution < -0.4 is 5.32 Å². The molecule has 1 spiro atoms. The highest BCUT2D eigenvalue weighted by atomic mass is 16.3. The van der Waals surface area contributed by atoms with Crippen LogP contribution in [-0.4, -0.2) is 53.9 Å². The summed E-state index contributed by atoms with van der Waals surface area (Å²) in [6, 6.07) is 0. The lowest BCUT2D eigenvalue weighted by molar-refractivity contribution is -0.155. The zero-order chi connectivity index (χ0) is 12.8. The van der Waals surface area contributed by atoms with Crippen LogP contribution in [0.1, 0.15) is 12.8 Å². The number of piperidine rings is 1. The van der Waals surface area contributed by atoms with Crippen LogP contribution >= 0.6 is 0 Å². The Balaban J connectivity index is 1.76. The first-order valence-corrected chi connectivity index (χ1v) is 6.09. The second-order valence-corrected chi connectivity index (χ2v) is 5.07. The van der Waals surface area contributed by atoms with Crippen molar-refractivity contribution >= 4 is 17.6 Å². The maximum atomic E-state index is 12.1. The van der Waals surface area contributed by atoms with E-state index in [1.54, 1.807) is 0 Å². The minimum atomic E-state index is -0.507. The highest BCUT2D eigenvalue weighted by Crippen LogP contribution is 2.40.